The van der Waals surface area contributed by atoms with E-state index in [9.17, 15) is 18.0 Å². The lowest BCUT2D eigenvalue weighted by molar-refractivity contribution is -0.122. The van der Waals surface area contributed by atoms with E-state index in [-0.39, 0.29) is 6.54 Å². The summed E-state index contributed by atoms with van der Waals surface area (Å²) in [4.78, 5) is 24.0. The molecule has 2 amide bonds. The van der Waals surface area contributed by atoms with Crippen LogP contribution >= 0.6 is 11.3 Å². The molecule has 0 bridgehead atoms. The average Bonchev–Trinajstić information content (AvgIpc) is 2.87. The van der Waals surface area contributed by atoms with E-state index in [1.54, 1.807) is 23.6 Å². The number of nitrogens with one attached hydrogen (secondary N) is 2. The van der Waals surface area contributed by atoms with E-state index in [0.717, 1.165) is 6.26 Å². The summed E-state index contributed by atoms with van der Waals surface area (Å²) in [5.41, 5.74) is 0. The first kappa shape index (κ1) is 16.1. The minimum Gasteiger partial charge on any atom is -0.341 e. The number of sulfone groups is 1. The van der Waals surface area contributed by atoms with Crippen LogP contribution in [0.4, 0.5) is 0 Å². The molecule has 0 saturated heterocycles. The van der Waals surface area contributed by atoms with Crippen LogP contribution in [0, 0.1) is 11.3 Å². The van der Waals surface area contributed by atoms with Crippen LogP contribution < -0.4 is 10.6 Å². The van der Waals surface area contributed by atoms with E-state index in [0.29, 0.717) is 4.88 Å². The number of rotatable bonds is 6. The monoisotopic (exact) mass is 315 g/mol. The number of nitrogens with zero attached hydrogens (tertiary/aromatic N) is 1. The molecule has 9 heteroatoms. The van der Waals surface area contributed by atoms with E-state index in [1.165, 1.54) is 11.3 Å². The van der Waals surface area contributed by atoms with Crippen molar-refractivity contribution in [1.29, 1.82) is 5.26 Å². The first-order valence-electron chi connectivity index (χ1n) is 5.50. The van der Waals surface area contributed by atoms with Gasteiger partial charge in [-0.05, 0) is 11.4 Å². The van der Waals surface area contributed by atoms with E-state index in [2.05, 4.69) is 10.6 Å². The fourth-order valence-electron chi connectivity index (χ4n) is 1.37. The molecule has 0 aliphatic carbocycles. The van der Waals surface area contributed by atoms with Crippen LogP contribution in [0.5, 0.6) is 0 Å². The Labute approximate surface area is 120 Å². The van der Waals surface area contributed by atoms with Gasteiger partial charge < -0.3 is 10.6 Å². The minimum absolute atomic E-state index is 0.256. The molecule has 0 fully saturated rings. The first-order valence-corrected chi connectivity index (χ1v) is 8.44. The van der Waals surface area contributed by atoms with Gasteiger partial charge >= 0.3 is 0 Å². The molecular formula is C11H13N3O4S2. The Morgan fingerprint density at radius 3 is 2.70 bits per heavy atom. The molecule has 1 unspecified atom stereocenters. The van der Waals surface area contributed by atoms with Gasteiger partial charge in [0.05, 0.1) is 16.7 Å². The van der Waals surface area contributed by atoms with Gasteiger partial charge in [0.15, 0.2) is 0 Å². The lowest BCUT2D eigenvalue weighted by Gasteiger charge is -2.16. The van der Waals surface area contributed by atoms with Crippen LogP contribution in [0.3, 0.4) is 0 Å². The van der Waals surface area contributed by atoms with Crippen LogP contribution in [0.15, 0.2) is 17.5 Å². The maximum absolute atomic E-state index is 11.8. The number of thiophene rings is 1. The Hall–Kier alpha value is -1.92. The zero-order chi connectivity index (χ0) is 15.2. The molecule has 1 heterocycles. The molecule has 0 spiro atoms. The Morgan fingerprint density at radius 1 is 1.50 bits per heavy atom. The number of hydrogen-bond acceptors (Lipinski definition) is 6. The smallest absolute Gasteiger partial charge is 0.262 e. The van der Waals surface area contributed by atoms with Gasteiger partial charge in [0.2, 0.25) is 5.91 Å². The molecule has 1 aromatic rings. The van der Waals surface area contributed by atoms with Gasteiger partial charge in [0, 0.05) is 6.26 Å². The van der Waals surface area contributed by atoms with Gasteiger partial charge in [-0.3, -0.25) is 9.59 Å². The third-order valence-corrected chi connectivity index (χ3v) is 3.99. The summed E-state index contributed by atoms with van der Waals surface area (Å²) in [6, 6.07) is 3.70. The van der Waals surface area contributed by atoms with E-state index in [1.807, 2.05) is 0 Å². The van der Waals surface area contributed by atoms with Crippen molar-refractivity contribution in [2.24, 2.45) is 0 Å². The van der Waals surface area contributed by atoms with Crippen molar-refractivity contribution in [2.75, 3.05) is 18.6 Å². The first-order chi connectivity index (χ1) is 9.33. The zero-order valence-electron chi connectivity index (χ0n) is 10.6. The maximum atomic E-state index is 11.8. The molecule has 0 aliphatic rings. The Balaban J connectivity index is 2.80. The topological polar surface area (TPSA) is 116 Å². The molecule has 20 heavy (non-hydrogen) atoms. The summed E-state index contributed by atoms with van der Waals surface area (Å²) in [6.07, 6.45) is 0.967. The van der Waals surface area contributed by atoms with Crippen LogP contribution in [-0.4, -0.2) is 44.8 Å². The number of hydrogen-bond donors (Lipinski definition) is 2. The molecule has 2 N–H and O–H groups in total. The standard InChI is InChI=1S/C11H13N3O4S2/c1-20(17,18)7-8(10(15)13-5-4-12)14-11(16)9-3-2-6-19-9/h2-3,6,8H,5,7H2,1H3,(H,13,15)(H,14,16). The maximum Gasteiger partial charge on any atom is 0.262 e. The highest BCUT2D eigenvalue weighted by atomic mass is 32.2. The highest BCUT2D eigenvalue weighted by Crippen LogP contribution is 2.08. The van der Waals surface area contributed by atoms with Gasteiger partial charge in [-0.1, -0.05) is 6.07 Å². The van der Waals surface area contributed by atoms with Crippen LogP contribution in [-0.2, 0) is 14.6 Å². The zero-order valence-corrected chi connectivity index (χ0v) is 12.3. The Morgan fingerprint density at radius 2 is 2.20 bits per heavy atom. The molecule has 0 radical (unpaired) electrons. The molecule has 7 nitrogen and oxygen atoms in total. The molecule has 0 saturated carbocycles. The van der Waals surface area contributed by atoms with Crippen molar-refractivity contribution in [3.05, 3.63) is 22.4 Å². The van der Waals surface area contributed by atoms with Gasteiger partial charge in [0.1, 0.15) is 22.4 Å². The van der Waals surface area contributed by atoms with E-state index >= 15 is 0 Å². The Bertz CT molecular complexity index is 617. The van der Waals surface area contributed by atoms with Crippen molar-refractivity contribution >= 4 is 33.0 Å². The highest BCUT2D eigenvalue weighted by molar-refractivity contribution is 7.90. The summed E-state index contributed by atoms with van der Waals surface area (Å²) in [5.74, 6) is -1.76. The lowest BCUT2D eigenvalue weighted by atomic mass is 10.3. The largest absolute Gasteiger partial charge is 0.341 e. The van der Waals surface area contributed by atoms with Crippen molar-refractivity contribution in [3.8, 4) is 6.07 Å². The highest BCUT2D eigenvalue weighted by Gasteiger charge is 2.25. The van der Waals surface area contributed by atoms with Crippen molar-refractivity contribution in [3.63, 3.8) is 0 Å². The van der Waals surface area contributed by atoms with Crippen molar-refractivity contribution in [2.45, 2.75) is 6.04 Å². The second kappa shape index (κ2) is 7.02. The fraction of sp³-hybridized carbons (Fsp3) is 0.364. The van der Waals surface area contributed by atoms with Gasteiger partial charge in [-0.25, -0.2) is 8.42 Å². The minimum atomic E-state index is -3.46. The molecule has 1 atom stereocenters. The summed E-state index contributed by atoms with van der Waals surface area (Å²) in [6.45, 7) is -0.256. The van der Waals surface area contributed by atoms with Gasteiger partial charge in [-0.15, -0.1) is 11.3 Å². The van der Waals surface area contributed by atoms with E-state index < -0.39 is 33.4 Å². The molecule has 1 rings (SSSR count). The summed E-state index contributed by atoms with van der Waals surface area (Å²) in [5, 5.41) is 14.7. The molecule has 0 aliphatic heterocycles. The number of carbonyl (C=O) groups excluding carboxylic acids is 2. The third-order valence-electron chi connectivity index (χ3n) is 2.18. The van der Waals surface area contributed by atoms with Crippen LogP contribution in [0.1, 0.15) is 9.67 Å². The van der Waals surface area contributed by atoms with Crippen molar-refractivity contribution < 1.29 is 18.0 Å². The normalized spacial score (nSPS) is 12.2. The molecule has 108 valence electrons. The van der Waals surface area contributed by atoms with Crippen molar-refractivity contribution in [1.82, 2.24) is 10.6 Å². The van der Waals surface area contributed by atoms with Crippen LogP contribution in [0.2, 0.25) is 0 Å². The summed E-state index contributed by atoms with van der Waals surface area (Å²) in [7, 11) is -3.46. The molecule has 0 aromatic carbocycles. The predicted molar refractivity (Wildman–Crippen MR) is 73.9 cm³/mol. The third kappa shape index (κ3) is 5.38. The number of carbonyl (C=O) groups is 2. The summed E-state index contributed by atoms with van der Waals surface area (Å²) >= 11 is 1.18. The van der Waals surface area contributed by atoms with Gasteiger partial charge in [-0.2, -0.15) is 5.26 Å². The Kier molecular flexibility index (Phi) is 5.66. The SMILES string of the molecule is CS(=O)(=O)CC(NC(=O)c1cccs1)C(=O)NCC#N. The van der Waals surface area contributed by atoms with Crippen LogP contribution in [0.25, 0.3) is 0 Å². The quantitative estimate of drug-likeness (QED) is 0.689. The number of nitriles is 1. The fourth-order valence-corrected chi connectivity index (χ4v) is 2.84. The average molecular weight is 315 g/mol. The van der Waals surface area contributed by atoms with Gasteiger partial charge in [0.25, 0.3) is 5.91 Å². The number of amides is 2. The summed E-state index contributed by atoms with van der Waals surface area (Å²) < 4.78 is 22.6. The molecular weight excluding hydrogens is 302 g/mol. The molecule has 1 aromatic heterocycles. The predicted octanol–water partition coefficient (Wildman–Crippen LogP) is -0.469. The second-order valence-electron chi connectivity index (χ2n) is 3.97. The lowest BCUT2D eigenvalue weighted by Crippen LogP contribution is -2.50. The van der Waals surface area contributed by atoms with E-state index in [4.69, 9.17) is 5.26 Å². The second-order valence-corrected chi connectivity index (χ2v) is 7.10.